The molecule has 3 N–H and O–H groups in total. The van der Waals surface area contributed by atoms with E-state index >= 15 is 0 Å². The first kappa shape index (κ1) is 12.5. The summed E-state index contributed by atoms with van der Waals surface area (Å²) in [6, 6.07) is 7.30. The van der Waals surface area contributed by atoms with E-state index in [0.717, 1.165) is 17.3 Å². The van der Waals surface area contributed by atoms with Crippen LogP contribution >= 0.6 is 34.5 Å². The van der Waals surface area contributed by atoms with Crippen LogP contribution in [0.2, 0.25) is 9.49 Å². The molecule has 0 aliphatic heterocycles. The maximum atomic E-state index is 5.85. The Morgan fingerprint density at radius 2 is 2.12 bits per heavy atom. The number of nitrogens with zero attached hydrogens (tertiary/aromatic N) is 1. The van der Waals surface area contributed by atoms with E-state index in [-0.39, 0.29) is 0 Å². The van der Waals surface area contributed by atoms with Crippen LogP contribution in [0.1, 0.15) is 4.88 Å². The Labute approximate surface area is 114 Å². The van der Waals surface area contributed by atoms with Crippen LogP contribution in [0.5, 0.6) is 0 Å². The summed E-state index contributed by atoms with van der Waals surface area (Å²) >= 11 is 13.2. The van der Waals surface area contributed by atoms with Gasteiger partial charge < -0.3 is 11.1 Å². The van der Waals surface area contributed by atoms with Crippen molar-refractivity contribution in [1.82, 2.24) is 4.98 Å². The monoisotopic (exact) mass is 287 g/mol. The van der Waals surface area contributed by atoms with E-state index in [9.17, 15) is 0 Å². The van der Waals surface area contributed by atoms with Gasteiger partial charge in [0, 0.05) is 23.2 Å². The lowest BCUT2D eigenvalue weighted by atomic mass is 10.3. The number of nitrogens with two attached hydrogens (primary N) is 1. The van der Waals surface area contributed by atoms with Crippen LogP contribution in [0.3, 0.4) is 0 Å². The SMILES string of the molecule is Nc1cc(Cl)nc(NCCc2ccc(Cl)s2)c1. The summed E-state index contributed by atoms with van der Waals surface area (Å²) in [5.74, 6) is 0.692. The van der Waals surface area contributed by atoms with E-state index in [1.54, 1.807) is 23.5 Å². The van der Waals surface area contributed by atoms with Gasteiger partial charge in [0.15, 0.2) is 0 Å². The Balaban J connectivity index is 1.89. The molecule has 0 amide bonds. The van der Waals surface area contributed by atoms with Gasteiger partial charge in [-0.1, -0.05) is 23.2 Å². The molecule has 0 aliphatic carbocycles. The second kappa shape index (κ2) is 5.58. The highest BCUT2D eigenvalue weighted by Gasteiger charge is 2.00. The second-order valence-electron chi connectivity index (χ2n) is 3.49. The number of hydrogen-bond donors (Lipinski definition) is 2. The fraction of sp³-hybridized carbons (Fsp3) is 0.182. The number of thiophene rings is 1. The molecular weight excluding hydrogens is 277 g/mol. The summed E-state index contributed by atoms with van der Waals surface area (Å²) in [6.45, 7) is 0.767. The topological polar surface area (TPSA) is 50.9 Å². The van der Waals surface area contributed by atoms with Crippen molar-refractivity contribution < 1.29 is 0 Å². The highest BCUT2D eigenvalue weighted by molar-refractivity contribution is 7.16. The second-order valence-corrected chi connectivity index (χ2v) is 5.68. The summed E-state index contributed by atoms with van der Waals surface area (Å²) in [7, 11) is 0. The zero-order valence-corrected chi connectivity index (χ0v) is 11.2. The van der Waals surface area contributed by atoms with Crippen LogP contribution in [-0.2, 0) is 6.42 Å². The fourth-order valence-electron chi connectivity index (χ4n) is 1.41. The molecule has 0 atom stereocenters. The van der Waals surface area contributed by atoms with Crippen molar-refractivity contribution in [1.29, 1.82) is 0 Å². The highest BCUT2D eigenvalue weighted by atomic mass is 35.5. The van der Waals surface area contributed by atoms with Crippen LogP contribution in [0.15, 0.2) is 24.3 Å². The quantitative estimate of drug-likeness (QED) is 0.844. The molecule has 0 aliphatic rings. The number of nitrogen functional groups attached to an aromatic ring is 1. The van der Waals surface area contributed by atoms with Gasteiger partial charge in [-0.3, -0.25) is 0 Å². The molecule has 0 unspecified atom stereocenters. The molecule has 0 radical (unpaired) electrons. The smallest absolute Gasteiger partial charge is 0.133 e. The lowest BCUT2D eigenvalue weighted by Crippen LogP contribution is -2.06. The maximum absolute atomic E-state index is 5.85. The molecule has 2 aromatic rings. The number of anilines is 2. The molecule has 2 heterocycles. The molecule has 17 heavy (non-hydrogen) atoms. The molecule has 0 bridgehead atoms. The average Bonchev–Trinajstić information content (AvgIpc) is 2.63. The molecule has 2 aromatic heterocycles. The third-order valence-electron chi connectivity index (χ3n) is 2.12. The van der Waals surface area contributed by atoms with E-state index < -0.39 is 0 Å². The first-order valence-electron chi connectivity index (χ1n) is 5.04. The predicted octanol–water partition coefficient (Wildman–Crippen LogP) is 3.69. The molecule has 2 rings (SSSR count). The van der Waals surface area contributed by atoms with E-state index in [1.165, 1.54) is 4.88 Å². The van der Waals surface area contributed by atoms with Crippen molar-refractivity contribution in [3.8, 4) is 0 Å². The number of pyridine rings is 1. The van der Waals surface area contributed by atoms with Gasteiger partial charge >= 0.3 is 0 Å². The predicted molar refractivity (Wildman–Crippen MR) is 75.2 cm³/mol. The average molecular weight is 288 g/mol. The Bertz CT molecular complexity index is 493. The van der Waals surface area contributed by atoms with Crippen molar-refractivity contribution >= 4 is 46.0 Å². The molecule has 6 heteroatoms. The Morgan fingerprint density at radius 3 is 2.76 bits per heavy atom. The number of nitrogens with one attached hydrogen (secondary N) is 1. The first-order valence-corrected chi connectivity index (χ1v) is 6.62. The van der Waals surface area contributed by atoms with Gasteiger partial charge in [-0.2, -0.15) is 0 Å². The number of hydrogen-bond acceptors (Lipinski definition) is 4. The molecule has 90 valence electrons. The summed E-state index contributed by atoms with van der Waals surface area (Å²) < 4.78 is 0.810. The van der Waals surface area contributed by atoms with Gasteiger partial charge in [-0.15, -0.1) is 11.3 Å². The Morgan fingerprint density at radius 1 is 1.29 bits per heavy atom. The zero-order valence-electron chi connectivity index (χ0n) is 8.91. The molecule has 0 saturated carbocycles. The molecule has 0 spiro atoms. The highest BCUT2D eigenvalue weighted by Crippen LogP contribution is 2.22. The number of rotatable bonds is 4. The third kappa shape index (κ3) is 3.77. The lowest BCUT2D eigenvalue weighted by molar-refractivity contribution is 1.03. The van der Waals surface area contributed by atoms with Gasteiger partial charge in [0.05, 0.1) is 4.34 Å². The molecule has 0 aromatic carbocycles. The van der Waals surface area contributed by atoms with Gasteiger partial charge in [-0.25, -0.2) is 4.98 Å². The molecule has 0 fully saturated rings. The van der Waals surface area contributed by atoms with E-state index in [2.05, 4.69) is 10.3 Å². The van der Waals surface area contributed by atoms with Crippen molar-refractivity contribution in [3.05, 3.63) is 38.6 Å². The van der Waals surface area contributed by atoms with Gasteiger partial charge in [0.1, 0.15) is 11.0 Å². The summed E-state index contributed by atoms with van der Waals surface area (Å²) in [6.07, 6.45) is 0.894. The Kier molecular flexibility index (Phi) is 4.10. The van der Waals surface area contributed by atoms with Crippen LogP contribution < -0.4 is 11.1 Å². The molecule has 3 nitrogen and oxygen atoms in total. The van der Waals surface area contributed by atoms with Crippen LogP contribution in [0.25, 0.3) is 0 Å². The van der Waals surface area contributed by atoms with E-state index in [1.807, 2.05) is 12.1 Å². The van der Waals surface area contributed by atoms with Crippen LogP contribution in [0, 0.1) is 0 Å². The minimum absolute atomic E-state index is 0.395. The molecular formula is C11H11Cl2N3S. The van der Waals surface area contributed by atoms with Gasteiger partial charge in [0.25, 0.3) is 0 Å². The molecule has 0 saturated heterocycles. The summed E-state index contributed by atoms with van der Waals surface area (Å²) in [5, 5.41) is 3.57. The largest absolute Gasteiger partial charge is 0.399 e. The Hall–Kier alpha value is -0.970. The van der Waals surface area contributed by atoms with Crippen molar-refractivity contribution in [2.45, 2.75) is 6.42 Å². The summed E-state index contributed by atoms with van der Waals surface area (Å²) in [4.78, 5) is 5.36. The van der Waals surface area contributed by atoms with E-state index in [0.29, 0.717) is 16.7 Å². The maximum Gasteiger partial charge on any atom is 0.133 e. The lowest BCUT2D eigenvalue weighted by Gasteiger charge is -2.05. The van der Waals surface area contributed by atoms with Crippen molar-refractivity contribution in [2.75, 3.05) is 17.6 Å². The van der Waals surface area contributed by atoms with Crippen LogP contribution in [-0.4, -0.2) is 11.5 Å². The first-order chi connectivity index (χ1) is 8.13. The zero-order chi connectivity index (χ0) is 12.3. The third-order valence-corrected chi connectivity index (χ3v) is 3.61. The fourth-order valence-corrected chi connectivity index (χ4v) is 2.71. The standard InChI is InChI=1S/C11H11Cl2N3S/c12-9-5-7(14)6-11(16-9)15-4-3-8-1-2-10(13)17-8/h1-2,5-6H,3-4H2,(H3,14,15,16). The minimum Gasteiger partial charge on any atom is -0.399 e. The number of aromatic nitrogens is 1. The van der Waals surface area contributed by atoms with Crippen molar-refractivity contribution in [2.24, 2.45) is 0 Å². The van der Waals surface area contributed by atoms with E-state index in [4.69, 9.17) is 28.9 Å². The summed E-state index contributed by atoms with van der Waals surface area (Å²) in [5.41, 5.74) is 6.27. The van der Waals surface area contributed by atoms with Crippen molar-refractivity contribution in [3.63, 3.8) is 0 Å². The minimum atomic E-state index is 0.395. The van der Waals surface area contributed by atoms with Gasteiger partial charge in [0.2, 0.25) is 0 Å². The number of halogens is 2. The normalized spacial score (nSPS) is 10.5. The van der Waals surface area contributed by atoms with Gasteiger partial charge in [-0.05, 0) is 24.6 Å². The van der Waals surface area contributed by atoms with Crippen LogP contribution in [0.4, 0.5) is 11.5 Å².